The first kappa shape index (κ1) is 15.0. The smallest absolute Gasteiger partial charge is 0.230 e. The van der Waals surface area contributed by atoms with Gasteiger partial charge in [0.1, 0.15) is 5.75 Å². The van der Waals surface area contributed by atoms with Crippen LogP contribution in [0.2, 0.25) is 5.02 Å². The van der Waals surface area contributed by atoms with Crippen molar-refractivity contribution < 1.29 is 14.3 Å². The maximum Gasteiger partial charge on any atom is 0.230 e. The number of hydrazone groups is 1. The predicted octanol–water partition coefficient (Wildman–Crippen LogP) is 1.80. The highest BCUT2D eigenvalue weighted by Gasteiger charge is 2.09. The van der Waals surface area contributed by atoms with Crippen LogP contribution in [0.5, 0.6) is 5.75 Å². The standard InChI is InChI=1S/C12H14ClN3O3/c1-8(16-14-7-17)5-12(18)15-10-6-9(13)3-4-11(10)19-2/h3-4,6-7H,5H2,1-2H3,(H,14,17)(H,15,18). The molecular weight excluding hydrogens is 270 g/mol. The van der Waals surface area contributed by atoms with Gasteiger partial charge in [0.2, 0.25) is 12.3 Å². The van der Waals surface area contributed by atoms with E-state index in [0.717, 1.165) is 0 Å². The van der Waals surface area contributed by atoms with Crippen LogP contribution in [0.4, 0.5) is 5.69 Å². The van der Waals surface area contributed by atoms with Gasteiger partial charge in [0.15, 0.2) is 0 Å². The summed E-state index contributed by atoms with van der Waals surface area (Å²) in [6.45, 7) is 1.63. The number of rotatable bonds is 6. The first-order valence-electron chi connectivity index (χ1n) is 5.42. The average molecular weight is 284 g/mol. The fourth-order valence-corrected chi connectivity index (χ4v) is 1.55. The van der Waals surface area contributed by atoms with Gasteiger partial charge in [-0.25, -0.2) is 5.43 Å². The molecule has 0 unspecified atom stereocenters. The molecule has 0 aliphatic heterocycles. The Kier molecular flexibility index (Phi) is 5.81. The number of carbonyl (C=O) groups is 2. The molecule has 0 radical (unpaired) electrons. The highest BCUT2D eigenvalue weighted by atomic mass is 35.5. The van der Waals surface area contributed by atoms with Crippen molar-refractivity contribution >= 4 is 35.3 Å². The molecule has 1 aromatic carbocycles. The normalized spacial score (nSPS) is 10.8. The average Bonchev–Trinajstić information content (AvgIpc) is 2.36. The Morgan fingerprint density at radius 3 is 2.89 bits per heavy atom. The summed E-state index contributed by atoms with van der Waals surface area (Å²) in [6.07, 6.45) is 0.484. The van der Waals surface area contributed by atoms with E-state index in [1.165, 1.54) is 7.11 Å². The molecule has 6 nitrogen and oxygen atoms in total. The number of amides is 2. The Morgan fingerprint density at radius 1 is 1.53 bits per heavy atom. The number of methoxy groups -OCH3 is 1. The van der Waals surface area contributed by atoms with E-state index in [-0.39, 0.29) is 12.3 Å². The zero-order chi connectivity index (χ0) is 14.3. The number of carbonyl (C=O) groups excluding carboxylic acids is 2. The van der Waals surface area contributed by atoms with Crippen molar-refractivity contribution in [3.63, 3.8) is 0 Å². The molecule has 102 valence electrons. The largest absolute Gasteiger partial charge is 0.495 e. The molecular formula is C12H14ClN3O3. The Hall–Kier alpha value is -2.08. The highest BCUT2D eigenvalue weighted by Crippen LogP contribution is 2.27. The van der Waals surface area contributed by atoms with Crippen LogP contribution in [0.15, 0.2) is 23.3 Å². The number of halogens is 1. The molecule has 7 heteroatoms. The molecule has 0 spiro atoms. The minimum absolute atomic E-state index is 0.0521. The Labute approximate surface area is 115 Å². The van der Waals surface area contributed by atoms with E-state index >= 15 is 0 Å². The lowest BCUT2D eigenvalue weighted by atomic mass is 10.2. The number of anilines is 1. The minimum Gasteiger partial charge on any atom is -0.495 e. The van der Waals surface area contributed by atoms with Crippen LogP contribution in [0.1, 0.15) is 13.3 Å². The monoisotopic (exact) mass is 283 g/mol. The summed E-state index contributed by atoms with van der Waals surface area (Å²) in [5.41, 5.74) is 3.09. The highest BCUT2D eigenvalue weighted by molar-refractivity contribution is 6.31. The summed E-state index contributed by atoms with van der Waals surface area (Å²) in [5.74, 6) is 0.230. The van der Waals surface area contributed by atoms with Crippen LogP contribution in [0.25, 0.3) is 0 Å². The lowest BCUT2D eigenvalue weighted by Crippen LogP contribution is -2.17. The first-order chi connectivity index (χ1) is 9.06. The van der Waals surface area contributed by atoms with Gasteiger partial charge < -0.3 is 10.1 Å². The Balaban J connectivity index is 2.71. The lowest BCUT2D eigenvalue weighted by molar-refractivity contribution is -0.115. The van der Waals surface area contributed by atoms with Crippen molar-refractivity contribution in [2.24, 2.45) is 5.10 Å². The van der Waals surface area contributed by atoms with Crippen molar-refractivity contribution in [3.8, 4) is 5.75 Å². The van der Waals surface area contributed by atoms with Crippen molar-refractivity contribution in [2.45, 2.75) is 13.3 Å². The predicted molar refractivity (Wildman–Crippen MR) is 73.6 cm³/mol. The molecule has 0 aromatic heterocycles. The first-order valence-corrected chi connectivity index (χ1v) is 5.80. The van der Waals surface area contributed by atoms with Crippen LogP contribution in [0.3, 0.4) is 0 Å². The Morgan fingerprint density at radius 2 is 2.26 bits per heavy atom. The molecule has 0 saturated carbocycles. The lowest BCUT2D eigenvalue weighted by Gasteiger charge is -2.10. The molecule has 0 saturated heterocycles. The number of nitrogens with zero attached hydrogens (tertiary/aromatic N) is 1. The molecule has 0 atom stereocenters. The van der Waals surface area contributed by atoms with Gasteiger partial charge in [-0.3, -0.25) is 9.59 Å². The zero-order valence-electron chi connectivity index (χ0n) is 10.6. The van der Waals surface area contributed by atoms with Crippen molar-refractivity contribution in [1.29, 1.82) is 0 Å². The zero-order valence-corrected chi connectivity index (χ0v) is 11.3. The summed E-state index contributed by atoms with van der Waals surface area (Å²) in [5, 5.41) is 6.82. The van der Waals surface area contributed by atoms with Crippen LogP contribution in [0, 0.1) is 0 Å². The Bertz CT molecular complexity index is 503. The summed E-state index contributed by atoms with van der Waals surface area (Å²) in [4.78, 5) is 21.8. The van der Waals surface area contributed by atoms with E-state index in [2.05, 4.69) is 15.8 Å². The van der Waals surface area contributed by atoms with E-state index in [0.29, 0.717) is 28.6 Å². The van der Waals surface area contributed by atoms with Gasteiger partial charge >= 0.3 is 0 Å². The number of nitrogens with one attached hydrogen (secondary N) is 2. The number of hydrogen-bond donors (Lipinski definition) is 2. The fourth-order valence-electron chi connectivity index (χ4n) is 1.38. The molecule has 0 aliphatic rings. The number of benzene rings is 1. The quantitative estimate of drug-likeness (QED) is 0.475. The number of ether oxygens (including phenoxy) is 1. The van der Waals surface area contributed by atoms with Gasteiger partial charge in [-0.15, -0.1) is 0 Å². The SMILES string of the molecule is COc1ccc(Cl)cc1NC(=O)CC(C)=NNC=O. The fraction of sp³-hybridized carbons (Fsp3) is 0.250. The van der Waals surface area contributed by atoms with Crippen LogP contribution >= 0.6 is 11.6 Å². The maximum atomic E-state index is 11.8. The van der Waals surface area contributed by atoms with Crippen molar-refractivity contribution in [2.75, 3.05) is 12.4 Å². The number of hydrogen-bond acceptors (Lipinski definition) is 4. The molecule has 2 N–H and O–H groups in total. The summed E-state index contributed by atoms with van der Waals surface area (Å²) in [7, 11) is 1.50. The molecule has 1 rings (SSSR count). The van der Waals surface area contributed by atoms with Gasteiger partial charge in [-0.1, -0.05) is 11.6 Å². The maximum absolute atomic E-state index is 11.8. The second-order valence-electron chi connectivity index (χ2n) is 3.66. The second kappa shape index (κ2) is 7.38. The summed E-state index contributed by atoms with van der Waals surface area (Å²) in [6, 6.07) is 4.91. The second-order valence-corrected chi connectivity index (χ2v) is 4.10. The minimum atomic E-state index is -0.283. The molecule has 0 heterocycles. The third-order valence-corrected chi connectivity index (χ3v) is 2.40. The van der Waals surface area contributed by atoms with E-state index in [1.54, 1.807) is 25.1 Å². The van der Waals surface area contributed by atoms with Gasteiger partial charge in [0, 0.05) is 10.7 Å². The van der Waals surface area contributed by atoms with Gasteiger partial charge in [-0.2, -0.15) is 5.10 Å². The molecule has 2 amide bonds. The molecule has 1 aromatic rings. The van der Waals surface area contributed by atoms with Crippen LogP contribution < -0.4 is 15.5 Å². The summed E-state index contributed by atoms with van der Waals surface area (Å²) < 4.78 is 5.11. The van der Waals surface area contributed by atoms with Crippen LogP contribution in [-0.4, -0.2) is 25.1 Å². The van der Waals surface area contributed by atoms with Gasteiger partial charge in [0.05, 0.1) is 19.2 Å². The van der Waals surface area contributed by atoms with E-state index in [9.17, 15) is 9.59 Å². The van der Waals surface area contributed by atoms with E-state index in [4.69, 9.17) is 16.3 Å². The van der Waals surface area contributed by atoms with Crippen LogP contribution in [-0.2, 0) is 9.59 Å². The van der Waals surface area contributed by atoms with Gasteiger partial charge in [0.25, 0.3) is 0 Å². The van der Waals surface area contributed by atoms with Crippen molar-refractivity contribution in [3.05, 3.63) is 23.2 Å². The van der Waals surface area contributed by atoms with E-state index < -0.39 is 0 Å². The third kappa shape index (κ3) is 4.97. The topological polar surface area (TPSA) is 79.8 Å². The van der Waals surface area contributed by atoms with Gasteiger partial charge in [-0.05, 0) is 25.1 Å². The molecule has 0 bridgehead atoms. The third-order valence-electron chi connectivity index (χ3n) is 2.16. The van der Waals surface area contributed by atoms with E-state index in [1.807, 2.05) is 0 Å². The molecule has 19 heavy (non-hydrogen) atoms. The summed E-state index contributed by atoms with van der Waals surface area (Å²) >= 11 is 5.85. The molecule has 0 fully saturated rings. The van der Waals surface area contributed by atoms with Crippen molar-refractivity contribution in [1.82, 2.24) is 5.43 Å². The molecule has 0 aliphatic carbocycles.